The molecule has 4 heteroatoms. The predicted octanol–water partition coefficient (Wildman–Crippen LogP) is 5.05. The summed E-state index contributed by atoms with van der Waals surface area (Å²) in [4.78, 5) is 2.19. The molecule has 1 atom stereocenters. The van der Waals surface area contributed by atoms with Gasteiger partial charge in [-0.3, -0.25) is 0 Å². The number of hydrogen-bond acceptors (Lipinski definition) is 1. The molecule has 0 saturated carbocycles. The van der Waals surface area contributed by atoms with Crippen molar-refractivity contribution in [3.63, 3.8) is 0 Å². The first-order valence-corrected chi connectivity index (χ1v) is 7.04. The van der Waals surface area contributed by atoms with Crippen LogP contribution in [0.2, 0.25) is 0 Å². The summed E-state index contributed by atoms with van der Waals surface area (Å²) in [6.45, 7) is 0.880. The molecular weight excluding hydrogens is 275 g/mol. The average Bonchev–Trinajstić information content (AvgIpc) is 2.97. The number of para-hydroxylation sites is 1. The minimum atomic E-state index is -4.29. The fraction of sp³-hybridized carbons (Fsp3) is 0.294. The van der Waals surface area contributed by atoms with Gasteiger partial charge in [-0.25, -0.2) is 0 Å². The van der Waals surface area contributed by atoms with Gasteiger partial charge in [0.25, 0.3) is 0 Å². The van der Waals surface area contributed by atoms with Gasteiger partial charge >= 0.3 is 6.18 Å². The Balaban J connectivity index is 1.93. The Morgan fingerprint density at radius 3 is 2.43 bits per heavy atom. The van der Waals surface area contributed by atoms with Crippen molar-refractivity contribution >= 4 is 5.69 Å². The van der Waals surface area contributed by atoms with Crippen molar-refractivity contribution in [2.45, 2.75) is 25.1 Å². The molecule has 0 aromatic heterocycles. The van der Waals surface area contributed by atoms with Gasteiger partial charge in [0.15, 0.2) is 0 Å². The Bertz CT molecular complexity index is 607. The molecule has 1 heterocycles. The van der Waals surface area contributed by atoms with Gasteiger partial charge in [0.05, 0.1) is 11.6 Å². The molecule has 0 amide bonds. The predicted molar refractivity (Wildman–Crippen MR) is 77.2 cm³/mol. The van der Waals surface area contributed by atoms with E-state index in [0.29, 0.717) is 0 Å². The monoisotopic (exact) mass is 291 g/mol. The van der Waals surface area contributed by atoms with Gasteiger partial charge in [-0.15, -0.1) is 0 Å². The second kappa shape index (κ2) is 5.43. The van der Waals surface area contributed by atoms with E-state index < -0.39 is 11.7 Å². The van der Waals surface area contributed by atoms with Gasteiger partial charge < -0.3 is 4.90 Å². The molecule has 0 spiro atoms. The summed E-state index contributed by atoms with van der Waals surface area (Å²) in [5.74, 6) is 0. The maximum absolute atomic E-state index is 12.9. The van der Waals surface area contributed by atoms with E-state index in [1.165, 1.54) is 12.1 Å². The van der Waals surface area contributed by atoms with Crippen molar-refractivity contribution in [3.05, 3.63) is 65.7 Å². The van der Waals surface area contributed by atoms with E-state index in [4.69, 9.17) is 0 Å². The van der Waals surface area contributed by atoms with Crippen LogP contribution in [-0.4, -0.2) is 6.54 Å². The molecule has 21 heavy (non-hydrogen) atoms. The van der Waals surface area contributed by atoms with Crippen LogP contribution >= 0.6 is 0 Å². The van der Waals surface area contributed by atoms with E-state index in [2.05, 4.69) is 4.90 Å². The Hall–Kier alpha value is -1.97. The van der Waals surface area contributed by atoms with Gasteiger partial charge in [-0.2, -0.15) is 13.2 Å². The normalized spacial score (nSPS) is 19.0. The maximum Gasteiger partial charge on any atom is 0.416 e. The summed E-state index contributed by atoms with van der Waals surface area (Å²) in [7, 11) is 0. The number of rotatable bonds is 2. The van der Waals surface area contributed by atoms with Crippen molar-refractivity contribution in [1.82, 2.24) is 0 Å². The topological polar surface area (TPSA) is 3.24 Å². The zero-order valence-corrected chi connectivity index (χ0v) is 11.5. The lowest BCUT2D eigenvalue weighted by atomic mass is 10.0. The zero-order valence-electron chi connectivity index (χ0n) is 11.5. The van der Waals surface area contributed by atoms with Gasteiger partial charge in [0, 0.05) is 12.2 Å². The van der Waals surface area contributed by atoms with Gasteiger partial charge in [0.1, 0.15) is 0 Å². The minimum Gasteiger partial charge on any atom is -0.364 e. The summed E-state index contributed by atoms with van der Waals surface area (Å²) in [5.41, 5.74) is 1.24. The van der Waals surface area contributed by atoms with Gasteiger partial charge in [-0.1, -0.05) is 30.3 Å². The van der Waals surface area contributed by atoms with Crippen LogP contribution < -0.4 is 4.90 Å². The largest absolute Gasteiger partial charge is 0.416 e. The molecule has 110 valence electrons. The zero-order chi connectivity index (χ0) is 14.9. The van der Waals surface area contributed by atoms with Crippen molar-refractivity contribution < 1.29 is 13.2 Å². The fourth-order valence-corrected chi connectivity index (χ4v) is 2.96. The van der Waals surface area contributed by atoms with E-state index in [-0.39, 0.29) is 6.04 Å². The van der Waals surface area contributed by atoms with E-state index in [1.54, 1.807) is 6.07 Å². The van der Waals surface area contributed by atoms with Crippen LogP contribution in [0, 0.1) is 0 Å². The fourth-order valence-electron chi connectivity index (χ4n) is 2.96. The van der Waals surface area contributed by atoms with Crippen LogP contribution in [0.25, 0.3) is 0 Å². The van der Waals surface area contributed by atoms with Crippen LogP contribution in [-0.2, 0) is 6.18 Å². The van der Waals surface area contributed by atoms with Crippen LogP contribution in [0.5, 0.6) is 0 Å². The van der Waals surface area contributed by atoms with Gasteiger partial charge in [0.2, 0.25) is 0 Å². The smallest absolute Gasteiger partial charge is 0.364 e. The molecule has 1 saturated heterocycles. The lowest BCUT2D eigenvalue weighted by Gasteiger charge is -2.27. The van der Waals surface area contributed by atoms with Crippen molar-refractivity contribution in [2.75, 3.05) is 11.4 Å². The van der Waals surface area contributed by atoms with Crippen LogP contribution in [0.3, 0.4) is 0 Å². The molecule has 1 aliphatic heterocycles. The summed E-state index contributed by atoms with van der Waals surface area (Å²) in [5, 5.41) is 0. The van der Waals surface area contributed by atoms with E-state index >= 15 is 0 Å². The Labute approximate surface area is 122 Å². The minimum absolute atomic E-state index is 0.0229. The number of nitrogens with zero attached hydrogens (tertiary/aromatic N) is 1. The third-order valence-corrected chi connectivity index (χ3v) is 3.94. The lowest BCUT2D eigenvalue weighted by molar-refractivity contribution is -0.137. The molecule has 1 aliphatic rings. The Kier molecular flexibility index (Phi) is 3.62. The lowest BCUT2D eigenvalue weighted by Crippen LogP contribution is -2.22. The number of alkyl halides is 3. The summed E-state index contributed by atoms with van der Waals surface area (Å²) in [6.07, 6.45) is -2.40. The summed E-state index contributed by atoms with van der Waals surface area (Å²) in [6, 6.07) is 15.6. The molecule has 2 aromatic carbocycles. The number of hydrogen-bond donors (Lipinski definition) is 0. The molecule has 0 bridgehead atoms. The average molecular weight is 291 g/mol. The molecule has 0 radical (unpaired) electrons. The molecule has 1 nitrogen and oxygen atoms in total. The second-order valence-corrected chi connectivity index (χ2v) is 5.31. The van der Waals surface area contributed by atoms with Crippen LogP contribution in [0.4, 0.5) is 18.9 Å². The van der Waals surface area contributed by atoms with Crippen molar-refractivity contribution in [3.8, 4) is 0 Å². The quantitative estimate of drug-likeness (QED) is 0.748. The van der Waals surface area contributed by atoms with Gasteiger partial charge in [-0.05, 0) is 42.7 Å². The van der Waals surface area contributed by atoms with Crippen molar-refractivity contribution in [2.24, 2.45) is 0 Å². The molecule has 0 aliphatic carbocycles. The van der Waals surface area contributed by atoms with Crippen LogP contribution in [0.15, 0.2) is 54.6 Å². The molecule has 3 rings (SSSR count). The summed E-state index contributed by atoms with van der Waals surface area (Å²) < 4.78 is 38.6. The highest BCUT2D eigenvalue weighted by molar-refractivity contribution is 5.50. The molecule has 2 aromatic rings. The highest BCUT2D eigenvalue weighted by atomic mass is 19.4. The first kappa shape index (κ1) is 14.0. The van der Waals surface area contributed by atoms with E-state index in [0.717, 1.165) is 36.7 Å². The number of halogens is 3. The molecule has 1 unspecified atom stereocenters. The first-order chi connectivity index (χ1) is 10.1. The van der Waals surface area contributed by atoms with Crippen LogP contribution in [0.1, 0.15) is 30.0 Å². The maximum atomic E-state index is 12.9. The Morgan fingerprint density at radius 1 is 0.952 bits per heavy atom. The first-order valence-electron chi connectivity index (χ1n) is 7.04. The standard InChI is InChI=1S/C17H16F3N/c18-17(19,20)14-7-4-6-13(12-14)16-10-5-11-21(16)15-8-2-1-3-9-15/h1-4,6-9,12,16H,5,10-11H2. The highest BCUT2D eigenvalue weighted by Gasteiger charge is 2.32. The van der Waals surface area contributed by atoms with E-state index in [1.807, 2.05) is 30.3 Å². The Morgan fingerprint density at radius 2 is 1.71 bits per heavy atom. The SMILES string of the molecule is FC(F)(F)c1cccc(C2CCCN2c2ccccc2)c1. The number of benzene rings is 2. The van der Waals surface area contributed by atoms with E-state index in [9.17, 15) is 13.2 Å². The molecule has 1 fully saturated rings. The third-order valence-electron chi connectivity index (χ3n) is 3.94. The highest BCUT2D eigenvalue weighted by Crippen LogP contribution is 2.38. The number of anilines is 1. The second-order valence-electron chi connectivity index (χ2n) is 5.31. The third kappa shape index (κ3) is 2.89. The summed E-state index contributed by atoms with van der Waals surface area (Å²) >= 11 is 0. The van der Waals surface area contributed by atoms with Crippen molar-refractivity contribution in [1.29, 1.82) is 0 Å². The molecule has 0 N–H and O–H groups in total. The molecular formula is C17H16F3N.